The Hall–Kier alpha value is -2.37. The normalized spacial score (nSPS) is 11.1. The van der Waals surface area contributed by atoms with Crippen molar-refractivity contribution in [2.45, 2.75) is 11.3 Å². The van der Waals surface area contributed by atoms with Crippen molar-refractivity contribution in [2.75, 3.05) is 11.9 Å². The summed E-state index contributed by atoms with van der Waals surface area (Å²) in [4.78, 5) is 25.3. The van der Waals surface area contributed by atoms with E-state index in [0.29, 0.717) is 5.13 Å². The van der Waals surface area contributed by atoms with Crippen molar-refractivity contribution in [2.24, 2.45) is 0 Å². The van der Waals surface area contributed by atoms with Crippen molar-refractivity contribution >= 4 is 38.1 Å². The molecular formula is C12H12N4O5S2. The van der Waals surface area contributed by atoms with E-state index in [0.717, 1.165) is 24.3 Å². The van der Waals surface area contributed by atoms with Crippen molar-refractivity contribution in [1.29, 1.82) is 0 Å². The molecule has 0 saturated heterocycles. The third kappa shape index (κ3) is 4.81. The summed E-state index contributed by atoms with van der Waals surface area (Å²) < 4.78 is 26.2. The Morgan fingerprint density at radius 1 is 1.30 bits per heavy atom. The van der Waals surface area contributed by atoms with Crippen molar-refractivity contribution in [1.82, 2.24) is 9.71 Å². The molecule has 9 nitrogen and oxygen atoms in total. The molecule has 0 unspecified atom stereocenters. The number of benzene rings is 1. The van der Waals surface area contributed by atoms with Crippen LogP contribution in [0, 0.1) is 10.1 Å². The number of aromatic nitrogens is 1. The molecule has 0 aliphatic carbocycles. The van der Waals surface area contributed by atoms with Crippen LogP contribution < -0.4 is 10.0 Å². The van der Waals surface area contributed by atoms with E-state index in [1.165, 1.54) is 17.5 Å². The van der Waals surface area contributed by atoms with Crippen LogP contribution in [0.25, 0.3) is 0 Å². The maximum absolute atomic E-state index is 12.0. The van der Waals surface area contributed by atoms with Gasteiger partial charge < -0.3 is 5.32 Å². The molecule has 0 aliphatic rings. The number of non-ortho nitro benzene ring substituents is 1. The van der Waals surface area contributed by atoms with Crippen molar-refractivity contribution in [3.05, 3.63) is 46.0 Å². The summed E-state index contributed by atoms with van der Waals surface area (Å²) in [6.07, 6.45) is 1.48. The second kappa shape index (κ2) is 7.26. The highest BCUT2D eigenvalue weighted by atomic mass is 32.2. The first-order chi connectivity index (χ1) is 10.9. The minimum Gasteiger partial charge on any atom is -0.302 e. The van der Waals surface area contributed by atoms with E-state index in [9.17, 15) is 23.3 Å². The van der Waals surface area contributed by atoms with Crippen LogP contribution in [0.2, 0.25) is 0 Å². The quantitative estimate of drug-likeness (QED) is 0.569. The molecule has 0 fully saturated rings. The number of rotatable bonds is 7. The summed E-state index contributed by atoms with van der Waals surface area (Å²) in [5, 5.41) is 15.2. The summed E-state index contributed by atoms with van der Waals surface area (Å²) in [5.41, 5.74) is -0.202. The van der Waals surface area contributed by atoms with Crippen molar-refractivity contribution in [3.8, 4) is 0 Å². The molecule has 2 rings (SSSR count). The van der Waals surface area contributed by atoms with Gasteiger partial charge in [-0.2, -0.15) is 0 Å². The molecule has 11 heteroatoms. The number of nitrogens with zero attached hydrogens (tertiary/aromatic N) is 2. The lowest BCUT2D eigenvalue weighted by Crippen LogP contribution is -2.27. The second-order valence-electron chi connectivity index (χ2n) is 4.28. The van der Waals surface area contributed by atoms with E-state index in [1.807, 2.05) is 0 Å². The summed E-state index contributed by atoms with van der Waals surface area (Å²) >= 11 is 1.25. The summed E-state index contributed by atoms with van der Waals surface area (Å²) in [6.45, 7) is -0.101. The van der Waals surface area contributed by atoms with Gasteiger partial charge in [-0.3, -0.25) is 14.9 Å². The summed E-state index contributed by atoms with van der Waals surface area (Å²) in [5.74, 6) is -0.369. The fourth-order valence-electron chi connectivity index (χ4n) is 1.60. The highest BCUT2D eigenvalue weighted by Gasteiger charge is 2.16. The van der Waals surface area contributed by atoms with E-state index in [2.05, 4.69) is 15.0 Å². The molecule has 23 heavy (non-hydrogen) atoms. The standard InChI is InChI=1S/C12H12N4O5S2/c17-11(15-12-13-7-8-22-12)5-6-14-23(20,21)10-3-1-9(2-4-10)16(18)19/h1-4,7-8,14H,5-6H2,(H,13,15,17). The predicted octanol–water partition coefficient (Wildman–Crippen LogP) is 1.36. The molecule has 122 valence electrons. The monoisotopic (exact) mass is 356 g/mol. The predicted molar refractivity (Wildman–Crippen MR) is 83.6 cm³/mol. The Labute approximate surface area is 135 Å². The number of nitro benzene ring substituents is 1. The molecule has 1 aromatic carbocycles. The smallest absolute Gasteiger partial charge is 0.269 e. The molecule has 2 N–H and O–H groups in total. The fraction of sp³-hybridized carbons (Fsp3) is 0.167. The molecule has 0 bridgehead atoms. The highest BCUT2D eigenvalue weighted by Crippen LogP contribution is 2.15. The molecule has 0 saturated carbocycles. The van der Waals surface area contributed by atoms with Gasteiger partial charge >= 0.3 is 0 Å². The van der Waals surface area contributed by atoms with Crippen LogP contribution in [0.1, 0.15) is 6.42 Å². The van der Waals surface area contributed by atoms with Crippen molar-refractivity contribution in [3.63, 3.8) is 0 Å². The zero-order chi connectivity index (χ0) is 16.9. The van der Waals surface area contributed by atoms with Crippen LogP contribution in [-0.2, 0) is 14.8 Å². The Kier molecular flexibility index (Phi) is 5.36. The van der Waals surface area contributed by atoms with Gasteiger partial charge in [0, 0.05) is 36.7 Å². The molecule has 1 amide bonds. The lowest BCUT2D eigenvalue weighted by atomic mass is 10.3. The average Bonchev–Trinajstić information content (AvgIpc) is 3.00. The van der Waals surface area contributed by atoms with Gasteiger partial charge in [0.15, 0.2) is 5.13 Å². The van der Waals surface area contributed by atoms with E-state index >= 15 is 0 Å². The average molecular weight is 356 g/mol. The largest absolute Gasteiger partial charge is 0.302 e. The first kappa shape index (κ1) is 17.0. The van der Waals surface area contributed by atoms with E-state index in [4.69, 9.17) is 0 Å². The molecule has 0 spiro atoms. The van der Waals surface area contributed by atoms with E-state index in [1.54, 1.807) is 5.38 Å². The first-order valence-electron chi connectivity index (χ1n) is 6.32. The first-order valence-corrected chi connectivity index (χ1v) is 8.68. The van der Waals surface area contributed by atoms with E-state index in [-0.39, 0.29) is 29.5 Å². The van der Waals surface area contributed by atoms with Crippen LogP contribution >= 0.6 is 11.3 Å². The minimum absolute atomic E-state index is 0.0637. The van der Waals surface area contributed by atoms with Gasteiger partial charge in [-0.15, -0.1) is 11.3 Å². The minimum atomic E-state index is -3.83. The third-order valence-electron chi connectivity index (χ3n) is 2.68. The maximum Gasteiger partial charge on any atom is 0.269 e. The Morgan fingerprint density at radius 2 is 2.00 bits per heavy atom. The molecule has 1 heterocycles. The maximum atomic E-state index is 12.0. The lowest BCUT2D eigenvalue weighted by molar-refractivity contribution is -0.384. The van der Waals surface area contributed by atoms with Gasteiger partial charge in [0.1, 0.15) is 0 Å². The van der Waals surface area contributed by atoms with Crippen molar-refractivity contribution < 1.29 is 18.1 Å². The van der Waals surface area contributed by atoms with Gasteiger partial charge in [0.25, 0.3) is 5.69 Å². The molecule has 0 radical (unpaired) electrons. The number of amides is 1. The second-order valence-corrected chi connectivity index (χ2v) is 6.95. The van der Waals surface area contributed by atoms with Gasteiger partial charge in [-0.25, -0.2) is 18.1 Å². The van der Waals surface area contributed by atoms with Crippen LogP contribution in [0.15, 0.2) is 40.7 Å². The summed E-state index contributed by atoms with van der Waals surface area (Å²) in [6, 6.07) is 4.47. The Balaban J connectivity index is 1.88. The van der Waals surface area contributed by atoms with Crippen LogP contribution in [0.4, 0.5) is 10.8 Å². The number of nitrogens with one attached hydrogen (secondary N) is 2. The topological polar surface area (TPSA) is 131 Å². The van der Waals surface area contributed by atoms with Gasteiger partial charge in [0.05, 0.1) is 9.82 Å². The van der Waals surface area contributed by atoms with Crippen LogP contribution in [0.5, 0.6) is 0 Å². The number of carbonyl (C=O) groups is 1. The molecule has 0 atom stereocenters. The molecule has 0 aliphatic heterocycles. The number of carbonyl (C=O) groups excluding carboxylic acids is 1. The highest BCUT2D eigenvalue weighted by molar-refractivity contribution is 7.89. The third-order valence-corrected chi connectivity index (χ3v) is 4.85. The molecular weight excluding hydrogens is 344 g/mol. The SMILES string of the molecule is O=C(CCNS(=O)(=O)c1ccc([N+](=O)[O-])cc1)Nc1nccs1. The molecule has 1 aromatic heterocycles. The summed E-state index contributed by atoms with van der Waals surface area (Å²) in [7, 11) is -3.83. The van der Waals surface area contributed by atoms with Crippen LogP contribution in [0.3, 0.4) is 0 Å². The Bertz CT molecular complexity index is 787. The van der Waals surface area contributed by atoms with E-state index < -0.39 is 14.9 Å². The Morgan fingerprint density at radius 3 is 2.57 bits per heavy atom. The lowest BCUT2D eigenvalue weighted by Gasteiger charge is -2.06. The van der Waals surface area contributed by atoms with Gasteiger partial charge in [-0.05, 0) is 12.1 Å². The number of nitro groups is 1. The number of sulfonamides is 1. The van der Waals surface area contributed by atoms with Gasteiger partial charge in [0.2, 0.25) is 15.9 Å². The number of anilines is 1. The van der Waals surface area contributed by atoms with Gasteiger partial charge in [-0.1, -0.05) is 0 Å². The number of thiazole rings is 1. The zero-order valence-electron chi connectivity index (χ0n) is 11.6. The number of hydrogen-bond donors (Lipinski definition) is 2. The molecule has 2 aromatic rings. The number of hydrogen-bond acceptors (Lipinski definition) is 7. The zero-order valence-corrected chi connectivity index (χ0v) is 13.3. The fourth-order valence-corrected chi connectivity index (χ4v) is 3.17. The van der Waals surface area contributed by atoms with Crippen LogP contribution in [-0.4, -0.2) is 30.8 Å².